The Bertz CT molecular complexity index is 976. The van der Waals surface area contributed by atoms with Gasteiger partial charge in [-0.1, -0.05) is 12.1 Å². The molecule has 0 spiro atoms. The zero-order chi connectivity index (χ0) is 17.4. The largest absolute Gasteiger partial charge is 0.493 e. The zero-order valence-corrected chi connectivity index (χ0v) is 14.2. The molecule has 0 aliphatic carbocycles. The van der Waals surface area contributed by atoms with Crippen LogP contribution < -0.4 is 9.47 Å². The lowest BCUT2D eigenvalue weighted by molar-refractivity contribution is 0.297. The second-order valence-corrected chi connectivity index (χ2v) is 6.21. The highest BCUT2D eigenvalue weighted by molar-refractivity contribution is 5.96. The van der Waals surface area contributed by atoms with E-state index in [0.29, 0.717) is 30.4 Å². The first-order valence-corrected chi connectivity index (χ1v) is 8.25. The highest BCUT2D eigenvalue weighted by atomic mass is 16.5. The minimum atomic E-state index is -0.0239. The Kier molecular flexibility index (Phi) is 3.80. The Morgan fingerprint density at radius 2 is 1.76 bits per heavy atom. The molecule has 0 fully saturated rings. The van der Waals surface area contributed by atoms with Crippen LogP contribution in [-0.2, 0) is 0 Å². The van der Waals surface area contributed by atoms with Crippen molar-refractivity contribution in [3.8, 4) is 17.4 Å². The summed E-state index contributed by atoms with van der Waals surface area (Å²) < 4.78 is 11.4. The Morgan fingerprint density at radius 3 is 2.56 bits per heavy atom. The van der Waals surface area contributed by atoms with Crippen LogP contribution in [0.15, 0.2) is 40.6 Å². The van der Waals surface area contributed by atoms with Gasteiger partial charge in [0.2, 0.25) is 5.88 Å². The van der Waals surface area contributed by atoms with E-state index in [0.717, 1.165) is 34.1 Å². The van der Waals surface area contributed by atoms with Crippen molar-refractivity contribution in [1.29, 1.82) is 0 Å². The maximum absolute atomic E-state index is 10.2. The number of H-pyrrole nitrogens is 1. The van der Waals surface area contributed by atoms with E-state index in [1.807, 2.05) is 44.2 Å². The van der Waals surface area contributed by atoms with E-state index < -0.39 is 0 Å². The van der Waals surface area contributed by atoms with Crippen molar-refractivity contribution in [2.24, 2.45) is 10.2 Å². The number of azo groups is 1. The molecule has 6 heteroatoms. The quantitative estimate of drug-likeness (QED) is 0.641. The second-order valence-electron chi connectivity index (χ2n) is 6.21. The molecule has 0 amide bonds. The fourth-order valence-corrected chi connectivity index (χ4v) is 2.85. The Labute approximate surface area is 145 Å². The Balaban J connectivity index is 1.79. The van der Waals surface area contributed by atoms with E-state index in [4.69, 9.17) is 9.47 Å². The molecule has 0 radical (unpaired) electrons. The lowest BCUT2D eigenvalue weighted by Crippen LogP contribution is -1.97. The third-order valence-electron chi connectivity index (χ3n) is 4.24. The molecule has 2 heterocycles. The molecule has 2 N–H and O–H groups in total. The van der Waals surface area contributed by atoms with Gasteiger partial charge in [-0.05, 0) is 37.1 Å². The van der Waals surface area contributed by atoms with Gasteiger partial charge in [0.15, 0.2) is 17.2 Å². The number of aryl methyl sites for hydroxylation is 2. The van der Waals surface area contributed by atoms with E-state index in [1.54, 1.807) is 0 Å². The number of nitrogens with one attached hydrogen (secondary N) is 1. The molecule has 2 aromatic carbocycles. The number of benzene rings is 2. The smallest absolute Gasteiger partial charge is 0.218 e. The first-order valence-electron chi connectivity index (χ1n) is 8.25. The summed E-state index contributed by atoms with van der Waals surface area (Å²) in [5.41, 5.74) is 4.05. The van der Waals surface area contributed by atoms with Gasteiger partial charge < -0.3 is 19.6 Å². The molecule has 4 rings (SSSR count). The van der Waals surface area contributed by atoms with Gasteiger partial charge in [0, 0.05) is 17.9 Å². The minimum Gasteiger partial charge on any atom is -0.493 e. The molecule has 0 bridgehead atoms. The molecular weight excluding hydrogens is 318 g/mol. The van der Waals surface area contributed by atoms with Gasteiger partial charge in [-0.3, -0.25) is 0 Å². The van der Waals surface area contributed by atoms with Crippen molar-refractivity contribution < 1.29 is 14.6 Å². The summed E-state index contributed by atoms with van der Waals surface area (Å²) in [5, 5.41) is 19.6. The highest BCUT2D eigenvalue weighted by Gasteiger charge is 2.17. The van der Waals surface area contributed by atoms with Crippen LogP contribution in [-0.4, -0.2) is 23.3 Å². The van der Waals surface area contributed by atoms with Crippen molar-refractivity contribution in [3.63, 3.8) is 0 Å². The van der Waals surface area contributed by atoms with E-state index >= 15 is 0 Å². The highest BCUT2D eigenvalue weighted by Crippen LogP contribution is 2.42. The summed E-state index contributed by atoms with van der Waals surface area (Å²) >= 11 is 0. The maximum atomic E-state index is 10.2. The minimum absolute atomic E-state index is 0.0239. The predicted octanol–water partition coefficient (Wildman–Crippen LogP) is 5.07. The van der Waals surface area contributed by atoms with Gasteiger partial charge >= 0.3 is 0 Å². The molecule has 1 aromatic heterocycles. The SMILES string of the molecule is Cc1ccc(C)c(N=Nc2c(O)[nH]c3cc4c(cc23)OCCCO4)c1. The number of aromatic hydroxyl groups is 1. The number of nitrogens with zero attached hydrogens (tertiary/aromatic N) is 2. The summed E-state index contributed by atoms with van der Waals surface area (Å²) in [6.07, 6.45) is 0.840. The van der Waals surface area contributed by atoms with E-state index in [9.17, 15) is 5.11 Å². The lowest BCUT2D eigenvalue weighted by atomic mass is 10.1. The number of aromatic nitrogens is 1. The summed E-state index contributed by atoms with van der Waals surface area (Å²) in [6.45, 7) is 5.21. The first kappa shape index (κ1) is 15.5. The summed E-state index contributed by atoms with van der Waals surface area (Å²) in [6, 6.07) is 9.66. The van der Waals surface area contributed by atoms with Gasteiger partial charge in [-0.15, -0.1) is 5.11 Å². The maximum Gasteiger partial charge on any atom is 0.218 e. The number of rotatable bonds is 2. The monoisotopic (exact) mass is 337 g/mol. The molecule has 1 aliphatic rings. The molecule has 0 saturated carbocycles. The molecule has 128 valence electrons. The van der Waals surface area contributed by atoms with Gasteiger partial charge in [-0.25, -0.2) is 0 Å². The summed E-state index contributed by atoms with van der Waals surface area (Å²) in [4.78, 5) is 2.93. The molecule has 25 heavy (non-hydrogen) atoms. The molecule has 0 saturated heterocycles. The van der Waals surface area contributed by atoms with Crippen LogP contribution in [0.25, 0.3) is 10.9 Å². The zero-order valence-electron chi connectivity index (χ0n) is 14.2. The molecule has 0 unspecified atom stereocenters. The van der Waals surface area contributed by atoms with Crippen molar-refractivity contribution in [3.05, 3.63) is 41.5 Å². The van der Waals surface area contributed by atoms with E-state index in [-0.39, 0.29) is 5.88 Å². The van der Waals surface area contributed by atoms with Crippen LogP contribution in [0.5, 0.6) is 17.4 Å². The van der Waals surface area contributed by atoms with Crippen LogP contribution >= 0.6 is 0 Å². The topological polar surface area (TPSA) is 79.2 Å². The number of fused-ring (bicyclic) bond motifs is 2. The van der Waals surface area contributed by atoms with Gasteiger partial charge in [0.1, 0.15) is 0 Å². The average molecular weight is 337 g/mol. The Morgan fingerprint density at radius 1 is 1.00 bits per heavy atom. The van der Waals surface area contributed by atoms with Crippen LogP contribution in [0.2, 0.25) is 0 Å². The number of aromatic amines is 1. The lowest BCUT2D eigenvalue weighted by Gasteiger charge is -2.06. The van der Waals surface area contributed by atoms with Gasteiger partial charge in [-0.2, -0.15) is 5.11 Å². The van der Waals surface area contributed by atoms with Crippen molar-refractivity contribution in [1.82, 2.24) is 4.98 Å². The molecular formula is C19H19N3O3. The van der Waals surface area contributed by atoms with Gasteiger partial charge in [0.25, 0.3) is 0 Å². The third kappa shape index (κ3) is 2.91. The van der Waals surface area contributed by atoms with Crippen LogP contribution in [0, 0.1) is 13.8 Å². The molecule has 6 nitrogen and oxygen atoms in total. The van der Waals surface area contributed by atoms with Crippen molar-refractivity contribution >= 4 is 22.3 Å². The molecule has 0 atom stereocenters. The molecule has 3 aromatic rings. The fraction of sp³-hybridized carbons (Fsp3) is 0.263. The van der Waals surface area contributed by atoms with Crippen LogP contribution in [0.4, 0.5) is 11.4 Å². The number of ether oxygens (including phenoxy) is 2. The third-order valence-corrected chi connectivity index (χ3v) is 4.24. The van der Waals surface area contributed by atoms with Crippen LogP contribution in [0.1, 0.15) is 17.5 Å². The number of hydrogen-bond acceptors (Lipinski definition) is 5. The fourth-order valence-electron chi connectivity index (χ4n) is 2.85. The first-order chi connectivity index (χ1) is 12.1. The second kappa shape index (κ2) is 6.12. The summed E-state index contributed by atoms with van der Waals surface area (Å²) in [7, 11) is 0. The average Bonchev–Trinajstić information content (AvgIpc) is 2.75. The summed E-state index contributed by atoms with van der Waals surface area (Å²) in [5.74, 6) is 1.31. The van der Waals surface area contributed by atoms with E-state index in [1.165, 1.54) is 0 Å². The predicted molar refractivity (Wildman–Crippen MR) is 95.7 cm³/mol. The molecule has 1 aliphatic heterocycles. The van der Waals surface area contributed by atoms with E-state index in [2.05, 4.69) is 15.2 Å². The number of hydrogen-bond donors (Lipinski definition) is 2. The standard InChI is InChI=1S/C19H19N3O3/c1-11-4-5-12(2)14(8-11)21-22-18-13-9-16-17(25-7-3-6-24-16)10-15(13)20-19(18)23/h4-5,8-10,20,23H,3,6-7H2,1-2H3. The normalized spacial score (nSPS) is 14.2. The Hall–Kier alpha value is -3.02. The van der Waals surface area contributed by atoms with Crippen molar-refractivity contribution in [2.45, 2.75) is 20.3 Å². The van der Waals surface area contributed by atoms with Crippen molar-refractivity contribution in [2.75, 3.05) is 13.2 Å². The van der Waals surface area contributed by atoms with Crippen LogP contribution in [0.3, 0.4) is 0 Å². The van der Waals surface area contributed by atoms with Gasteiger partial charge in [0.05, 0.1) is 24.4 Å².